The Hall–Kier alpha value is -1.17. The minimum atomic E-state index is -0.219. The lowest BCUT2D eigenvalue weighted by Gasteiger charge is -2.34. The molecule has 1 aromatic carbocycles. The zero-order valence-corrected chi connectivity index (χ0v) is 13.1. The summed E-state index contributed by atoms with van der Waals surface area (Å²) in [7, 11) is 3.44. The number of nitrogens with one attached hydrogen (secondary N) is 1. The largest absolute Gasteiger partial charge is 0.496 e. The minimum absolute atomic E-state index is 0.0591. The van der Waals surface area contributed by atoms with E-state index in [4.69, 9.17) is 9.47 Å². The van der Waals surface area contributed by atoms with Gasteiger partial charge in [-0.15, -0.1) is 0 Å². The molecule has 1 aliphatic rings. The Bertz CT molecular complexity index is 456. The van der Waals surface area contributed by atoms with Gasteiger partial charge in [-0.1, -0.05) is 6.07 Å². The van der Waals surface area contributed by atoms with Gasteiger partial charge >= 0.3 is 0 Å². The second-order valence-electron chi connectivity index (χ2n) is 5.45. The van der Waals surface area contributed by atoms with Gasteiger partial charge < -0.3 is 14.8 Å². The number of halogens is 1. The Morgan fingerprint density at radius 1 is 1.52 bits per heavy atom. The van der Waals surface area contributed by atoms with Crippen LogP contribution >= 0.6 is 0 Å². The van der Waals surface area contributed by atoms with E-state index in [0.717, 1.165) is 32.7 Å². The van der Waals surface area contributed by atoms with Crippen molar-refractivity contribution in [2.24, 2.45) is 0 Å². The Balaban J connectivity index is 2.06. The topological polar surface area (TPSA) is 33.7 Å². The number of ether oxygens (including phenoxy) is 2. The van der Waals surface area contributed by atoms with Crippen LogP contribution in [0.15, 0.2) is 18.2 Å². The fraction of sp³-hybridized carbons (Fsp3) is 0.625. The molecule has 4 nitrogen and oxygen atoms in total. The number of hydrogen-bond acceptors (Lipinski definition) is 4. The summed E-state index contributed by atoms with van der Waals surface area (Å²) in [5, 5.41) is 3.21. The number of rotatable bonds is 6. The highest BCUT2D eigenvalue weighted by Gasteiger charge is 2.23. The molecule has 5 heteroatoms. The van der Waals surface area contributed by atoms with Gasteiger partial charge in [-0.05, 0) is 32.5 Å². The number of nitrogens with zero attached hydrogens (tertiary/aromatic N) is 1. The van der Waals surface area contributed by atoms with Crippen LogP contribution in [-0.4, -0.2) is 51.4 Å². The lowest BCUT2D eigenvalue weighted by atomic mass is 10.0. The average molecular weight is 296 g/mol. The molecule has 1 fully saturated rings. The predicted molar refractivity (Wildman–Crippen MR) is 81.2 cm³/mol. The van der Waals surface area contributed by atoms with Crippen LogP contribution in [0, 0.1) is 5.82 Å². The van der Waals surface area contributed by atoms with Crippen LogP contribution in [0.2, 0.25) is 0 Å². The third-order valence-corrected chi connectivity index (χ3v) is 4.14. The van der Waals surface area contributed by atoms with Gasteiger partial charge in [0.2, 0.25) is 0 Å². The maximum Gasteiger partial charge on any atom is 0.131 e. The van der Waals surface area contributed by atoms with Crippen molar-refractivity contribution in [1.82, 2.24) is 10.2 Å². The predicted octanol–water partition coefficient (Wildman–Crippen LogP) is 2.21. The molecule has 1 saturated heterocycles. The van der Waals surface area contributed by atoms with Crippen molar-refractivity contribution in [3.05, 3.63) is 29.6 Å². The lowest BCUT2D eigenvalue weighted by molar-refractivity contribution is -0.00180. The first-order valence-electron chi connectivity index (χ1n) is 7.48. The fourth-order valence-electron chi connectivity index (χ4n) is 2.86. The number of morpholine rings is 1. The monoisotopic (exact) mass is 296 g/mol. The summed E-state index contributed by atoms with van der Waals surface area (Å²) in [6, 6.07) is 5.32. The maximum atomic E-state index is 14.2. The van der Waals surface area contributed by atoms with E-state index in [1.807, 2.05) is 7.05 Å². The molecule has 1 aliphatic heterocycles. The van der Waals surface area contributed by atoms with E-state index in [9.17, 15) is 4.39 Å². The molecule has 0 amide bonds. The molecule has 1 N–H and O–H groups in total. The van der Waals surface area contributed by atoms with E-state index < -0.39 is 0 Å². The summed E-state index contributed by atoms with van der Waals surface area (Å²) in [5.74, 6) is 0.383. The molecule has 0 aliphatic carbocycles. The Morgan fingerprint density at radius 2 is 2.33 bits per heavy atom. The van der Waals surface area contributed by atoms with Crippen LogP contribution in [0.5, 0.6) is 5.75 Å². The van der Waals surface area contributed by atoms with Crippen LogP contribution in [0.3, 0.4) is 0 Å². The smallest absolute Gasteiger partial charge is 0.131 e. The molecule has 0 saturated carbocycles. The normalized spacial score (nSPS) is 21.2. The van der Waals surface area contributed by atoms with Crippen molar-refractivity contribution in [3.8, 4) is 5.75 Å². The first-order chi connectivity index (χ1) is 10.2. The second-order valence-corrected chi connectivity index (χ2v) is 5.45. The van der Waals surface area contributed by atoms with E-state index in [2.05, 4.69) is 17.1 Å². The average Bonchev–Trinajstić information content (AvgIpc) is 2.50. The summed E-state index contributed by atoms with van der Waals surface area (Å²) >= 11 is 0. The molecule has 0 aromatic heterocycles. The highest BCUT2D eigenvalue weighted by molar-refractivity contribution is 5.37. The van der Waals surface area contributed by atoms with Crippen molar-refractivity contribution in [3.63, 3.8) is 0 Å². The first kappa shape index (κ1) is 16.2. The molecular formula is C16H25FN2O2. The van der Waals surface area contributed by atoms with Crippen molar-refractivity contribution in [1.29, 1.82) is 0 Å². The van der Waals surface area contributed by atoms with Gasteiger partial charge in [0, 0.05) is 30.7 Å². The van der Waals surface area contributed by atoms with E-state index in [1.165, 1.54) is 6.07 Å². The fourth-order valence-corrected chi connectivity index (χ4v) is 2.86. The van der Waals surface area contributed by atoms with Gasteiger partial charge in [0.25, 0.3) is 0 Å². The second kappa shape index (κ2) is 7.73. The van der Waals surface area contributed by atoms with E-state index >= 15 is 0 Å². The van der Waals surface area contributed by atoms with Crippen LogP contribution < -0.4 is 10.1 Å². The van der Waals surface area contributed by atoms with Crippen LogP contribution in [0.4, 0.5) is 4.39 Å². The molecule has 0 radical (unpaired) electrons. The summed E-state index contributed by atoms with van der Waals surface area (Å²) in [5.41, 5.74) is 0.614. The zero-order valence-electron chi connectivity index (χ0n) is 13.1. The first-order valence-corrected chi connectivity index (χ1v) is 7.48. The zero-order chi connectivity index (χ0) is 15.2. The molecule has 21 heavy (non-hydrogen) atoms. The summed E-state index contributed by atoms with van der Waals surface area (Å²) in [6.07, 6.45) is 0.831. The number of methoxy groups -OCH3 is 1. The van der Waals surface area contributed by atoms with Crippen LogP contribution in [-0.2, 0) is 4.74 Å². The Kier molecular flexibility index (Phi) is 5.96. The Labute approximate surface area is 126 Å². The quantitative estimate of drug-likeness (QED) is 0.872. The molecule has 1 aromatic rings. The third kappa shape index (κ3) is 3.93. The maximum absolute atomic E-state index is 14.2. The lowest BCUT2D eigenvalue weighted by Crippen LogP contribution is -2.44. The van der Waals surface area contributed by atoms with Gasteiger partial charge in [0.15, 0.2) is 0 Å². The standard InChI is InChI=1S/C16H25FN2O2/c1-12-11-21-10-9-19(12)8-7-14(18-2)16-13(17)5-4-6-15(16)20-3/h4-6,12,14,18H,7-11H2,1-3H3. The summed E-state index contributed by atoms with van der Waals surface area (Å²) < 4.78 is 24.9. The SMILES string of the molecule is CNC(CCN1CCOCC1C)c1c(F)cccc1OC. The molecule has 2 unspecified atom stereocenters. The van der Waals surface area contributed by atoms with E-state index in [-0.39, 0.29) is 11.9 Å². The van der Waals surface area contributed by atoms with E-state index in [0.29, 0.717) is 17.4 Å². The summed E-state index contributed by atoms with van der Waals surface area (Å²) in [6.45, 7) is 5.56. The van der Waals surface area contributed by atoms with Crippen molar-refractivity contribution < 1.29 is 13.9 Å². The molecule has 2 atom stereocenters. The van der Waals surface area contributed by atoms with Gasteiger partial charge in [0.1, 0.15) is 11.6 Å². The minimum Gasteiger partial charge on any atom is -0.496 e. The van der Waals surface area contributed by atoms with Gasteiger partial charge in [0.05, 0.1) is 20.3 Å². The highest BCUT2D eigenvalue weighted by Crippen LogP contribution is 2.30. The van der Waals surface area contributed by atoms with E-state index in [1.54, 1.807) is 19.2 Å². The van der Waals surface area contributed by atoms with Crippen molar-refractivity contribution >= 4 is 0 Å². The van der Waals surface area contributed by atoms with Gasteiger partial charge in [-0.3, -0.25) is 4.90 Å². The highest BCUT2D eigenvalue weighted by atomic mass is 19.1. The van der Waals surface area contributed by atoms with Crippen molar-refractivity contribution in [2.45, 2.75) is 25.4 Å². The molecule has 0 bridgehead atoms. The van der Waals surface area contributed by atoms with Crippen molar-refractivity contribution in [2.75, 3.05) is 40.5 Å². The van der Waals surface area contributed by atoms with Gasteiger partial charge in [-0.2, -0.15) is 0 Å². The molecular weight excluding hydrogens is 271 g/mol. The number of benzene rings is 1. The molecule has 118 valence electrons. The molecule has 0 spiro atoms. The molecule has 2 rings (SSSR count). The van der Waals surface area contributed by atoms with Crippen LogP contribution in [0.1, 0.15) is 24.9 Å². The third-order valence-electron chi connectivity index (χ3n) is 4.14. The number of hydrogen-bond donors (Lipinski definition) is 1. The summed E-state index contributed by atoms with van der Waals surface area (Å²) in [4.78, 5) is 2.39. The molecule has 1 heterocycles. The van der Waals surface area contributed by atoms with Crippen LogP contribution in [0.25, 0.3) is 0 Å². The van der Waals surface area contributed by atoms with Gasteiger partial charge in [-0.25, -0.2) is 4.39 Å². The Morgan fingerprint density at radius 3 is 3.00 bits per heavy atom.